The van der Waals surface area contributed by atoms with Crippen molar-refractivity contribution in [1.82, 2.24) is 0 Å². The fourth-order valence-electron chi connectivity index (χ4n) is 3.39. The van der Waals surface area contributed by atoms with Crippen LogP contribution < -0.4 is 8.92 Å². The standard InChI is InChI=1S/C25H24O5S/c1-17-15-18(2)25(19(3)16-17)31(27,28)30-23-10-5-20(6-11-23)7-14-24(26)21-8-12-22(29-4)13-9-21/h5-16H,1-4H3/b14-7-. The van der Waals surface area contributed by atoms with Crippen LogP contribution in [0.4, 0.5) is 0 Å². The Balaban J connectivity index is 1.72. The van der Waals surface area contributed by atoms with E-state index < -0.39 is 10.1 Å². The maximum Gasteiger partial charge on any atom is 0.339 e. The molecule has 3 rings (SSSR count). The smallest absolute Gasteiger partial charge is 0.339 e. The van der Waals surface area contributed by atoms with Gasteiger partial charge in [-0.3, -0.25) is 4.79 Å². The summed E-state index contributed by atoms with van der Waals surface area (Å²) in [5.74, 6) is 0.746. The molecule has 5 nitrogen and oxygen atoms in total. The summed E-state index contributed by atoms with van der Waals surface area (Å²) in [4.78, 5) is 12.5. The molecule has 0 aromatic heterocycles. The van der Waals surface area contributed by atoms with Crippen LogP contribution in [0.3, 0.4) is 0 Å². The molecule has 3 aromatic rings. The first-order chi connectivity index (χ1) is 14.7. The Morgan fingerprint density at radius 2 is 1.39 bits per heavy atom. The summed E-state index contributed by atoms with van der Waals surface area (Å²) in [6.07, 6.45) is 3.13. The van der Waals surface area contributed by atoms with Gasteiger partial charge in [0.15, 0.2) is 5.78 Å². The van der Waals surface area contributed by atoms with E-state index in [1.807, 2.05) is 19.1 Å². The minimum atomic E-state index is -3.95. The van der Waals surface area contributed by atoms with Crippen LogP contribution in [0, 0.1) is 20.8 Å². The first-order valence-corrected chi connectivity index (χ1v) is 11.1. The first-order valence-electron chi connectivity index (χ1n) is 9.68. The van der Waals surface area contributed by atoms with Gasteiger partial charge in [0.25, 0.3) is 0 Å². The average Bonchev–Trinajstić information content (AvgIpc) is 2.71. The van der Waals surface area contributed by atoms with Crippen LogP contribution in [-0.2, 0) is 10.1 Å². The zero-order chi connectivity index (χ0) is 22.6. The number of ketones is 1. The molecule has 0 aliphatic heterocycles. The number of hydrogen-bond donors (Lipinski definition) is 0. The molecule has 6 heteroatoms. The highest BCUT2D eigenvalue weighted by Crippen LogP contribution is 2.26. The number of hydrogen-bond acceptors (Lipinski definition) is 5. The summed E-state index contributed by atoms with van der Waals surface area (Å²) in [6, 6.07) is 17.0. The monoisotopic (exact) mass is 436 g/mol. The van der Waals surface area contributed by atoms with Crippen LogP contribution in [0.25, 0.3) is 6.08 Å². The molecule has 0 bridgehead atoms. The van der Waals surface area contributed by atoms with Crippen molar-refractivity contribution in [2.24, 2.45) is 0 Å². The number of ether oxygens (including phenoxy) is 1. The van der Waals surface area contributed by atoms with Crippen molar-refractivity contribution in [3.05, 3.63) is 94.6 Å². The van der Waals surface area contributed by atoms with Gasteiger partial charge in [-0.05, 0) is 79.9 Å². The van der Waals surface area contributed by atoms with Crippen LogP contribution in [-0.4, -0.2) is 21.3 Å². The van der Waals surface area contributed by atoms with Crippen LogP contribution in [0.15, 0.2) is 71.6 Å². The lowest BCUT2D eigenvalue weighted by molar-refractivity contribution is 0.104. The molecule has 0 saturated carbocycles. The van der Waals surface area contributed by atoms with Gasteiger partial charge in [-0.15, -0.1) is 0 Å². The molecule has 0 fully saturated rings. The lowest BCUT2D eigenvalue weighted by Crippen LogP contribution is -2.13. The third kappa shape index (κ3) is 5.41. The number of aryl methyl sites for hydroxylation is 3. The van der Waals surface area contributed by atoms with Crippen molar-refractivity contribution in [2.75, 3.05) is 7.11 Å². The van der Waals surface area contributed by atoms with Gasteiger partial charge in [0.05, 0.1) is 7.11 Å². The van der Waals surface area contributed by atoms with Crippen molar-refractivity contribution in [1.29, 1.82) is 0 Å². The molecule has 0 amide bonds. The third-order valence-electron chi connectivity index (χ3n) is 4.74. The van der Waals surface area contributed by atoms with E-state index in [0.29, 0.717) is 22.4 Å². The van der Waals surface area contributed by atoms with Gasteiger partial charge in [-0.25, -0.2) is 0 Å². The molecule has 0 saturated heterocycles. The quantitative estimate of drug-likeness (QED) is 0.286. The topological polar surface area (TPSA) is 69.7 Å². The average molecular weight is 437 g/mol. The molecule has 3 aromatic carbocycles. The van der Waals surface area contributed by atoms with Crippen molar-refractivity contribution >= 4 is 22.0 Å². The number of carbonyl (C=O) groups is 1. The Kier molecular flexibility index (Phi) is 6.61. The molecule has 0 radical (unpaired) electrons. The SMILES string of the molecule is COc1ccc(C(=O)/C=C\c2ccc(OS(=O)(=O)c3c(C)cc(C)cc3C)cc2)cc1. The zero-order valence-electron chi connectivity index (χ0n) is 17.9. The van der Waals surface area contributed by atoms with Gasteiger partial charge in [0.2, 0.25) is 0 Å². The summed E-state index contributed by atoms with van der Waals surface area (Å²) in [5, 5.41) is 0. The van der Waals surface area contributed by atoms with E-state index in [0.717, 1.165) is 11.1 Å². The van der Waals surface area contributed by atoms with E-state index in [1.165, 1.54) is 6.08 Å². The maximum atomic E-state index is 12.8. The minimum absolute atomic E-state index is 0.143. The normalized spacial score (nSPS) is 11.5. The molecular formula is C25H24O5S. The highest BCUT2D eigenvalue weighted by atomic mass is 32.2. The lowest BCUT2D eigenvalue weighted by Gasteiger charge is -2.13. The van der Waals surface area contributed by atoms with Crippen molar-refractivity contribution in [3.63, 3.8) is 0 Å². The third-order valence-corrected chi connectivity index (χ3v) is 6.30. The predicted molar refractivity (Wildman–Crippen MR) is 121 cm³/mol. The fraction of sp³-hybridized carbons (Fsp3) is 0.160. The van der Waals surface area contributed by atoms with E-state index in [1.54, 1.807) is 75.6 Å². The molecule has 160 valence electrons. The van der Waals surface area contributed by atoms with Gasteiger partial charge in [0.1, 0.15) is 16.4 Å². The molecule has 0 aliphatic rings. The maximum absolute atomic E-state index is 12.8. The van der Waals surface area contributed by atoms with E-state index in [9.17, 15) is 13.2 Å². The van der Waals surface area contributed by atoms with Crippen LogP contribution >= 0.6 is 0 Å². The van der Waals surface area contributed by atoms with E-state index >= 15 is 0 Å². The van der Waals surface area contributed by atoms with Crippen LogP contribution in [0.2, 0.25) is 0 Å². The van der Waals surface area contributed by atoms with Gasteiger partial charge in [-0.2, -0.15) is 8.42 Å². The largest absolute Gasteiger partial charge is 0.497 e. The van der Waals surface area contributed by atoms with E-state index in [4.69, 9.17) is 8.92 Å². The van der Waals surface area contributed by atoms with Gasteiger partial charge in [-0.1, -0.05) is 35.9 Å². The number of rotatable bonds is 7. The second-order valence-corrected chi connectivity index (χ2v) is 8.74. The molecule has 0 aliphatic carbocycles. The van der Waals surface area contributed by atoms with Gasteiger partial charge < -0.3 is 8.92 Å². The second-order valence-electron chi connectivity index (χ2n) is 7.26. The van der Waals surface area contributed by atoms with E-state index in [2.05, 4.69) is 0 Å². The summed E-state index contributed by atoms with van der Waals surface area (Å²) >= 11 is 0. The number of methoxy groups -OCH3 is 1. The molecule has 31 heavy (non-hydrogen) atoms. The van der Waals surface area contributed by atoms with Gasteiger partial charge in [0, 0.05) is 5.56 Å². The predicted octanol–water partition coefficient (Wildman–Crippen LogP) is 5.28. The van der Waals surface area contributed by atoms with Crippen molar-refractivity contribution < 1.29 is 22.1 Å². The zero-order valence-corrected chi connectivity index (χ0v) is 18.7. The minimum Gasteiger partial charge on any atom is -0.497 e. The summed E-state index contributed by atoms with van der Waals surface area (Å²) in [6.45, 7) is 5.43. The molecular weight excluding hydrogens is 412 g/mol. The Morgan fingerprint density at radius 1 is 0.839 bits per heavy atom. The van der Waals surface area contributed by atoms with Crippen LogP contribution in [0.5, 0.6) is 11.5 Å². The first kappa shape index (κ1) is 22.3. The Bertz CT molecular complexity index is 1200. The Morgan fingerprint density at radius 3 is 1.94 bits per heavy atom. The van der Waals surface area contributed by atoms with Gasteiger partial charge >= 0.3 is 10.1 Å². The number of carbonyl (C=O) groups excluding carboxylic acids is 1. The molecule has 0 atom stereocenters. The molecule has 0 heterocycles. The summed E-state index contributed by atoms with van der Waals surface area (Å²) < 4.78 is 36.0. The highest BCUT2D eigenvalue weighted by molar-refractivity contribution is 7.87. The number of allylic oxidation sites excluding steroid dienone is 1. The van der Waals surface area contributed by atoms with E-state index in [-0.39, 0.29) is 16.4 Å². The van der Waals surface area contributed by atoms with Crippen LogP contribution in [0.1, 0.15) is 32.6 Å². The fourth-order valence-corrected chi connectivity index (χ4v) is 4.74. The summed E-state index contributed by atoms with van der Waals surface area (Å²) in [7, 11) is -2.39. The second kappa shape index (κ2) is 9.18. The number of benzene rings is 3. The summed E-state index contributed by atoms with van der Waals surface area (Å²) in [5.41, 5.74) is 3.58. The van der Waals surface area contributed by atoms with Crippen molar-refractivity contribution in [3.8, 4) is 11.5 Å². The lowest BCUT2D eigenvalue weighted by atomic mass is 10.1. The Hall–Kier alpha value is -3.38. The highest BCUT2D eigenvalue weighted by Gasteiger charge is 2.22. The molecule has 0 spiro atoms. The Labute approximate surface area is 183 Å². The van der Waals surface area contributed by atoms with Crippen molar-refractivity contribution in [2.45, 2.75) is 25.7 Å². The molecule has 0 unspecified atom stereocenters. The molecule has 0 N–H and O–H groups in total.